The highest BCUT2D eigenvalue weighted by Crippen LogP contribution is 2.38. The number of phenolic OH excluding ortho intramolecular Hbond substituents is 1. The Balaban J connectivity index is 2.99. The Morgan fingerprint density at radius 3 is 2.06 bits per heavy atom. The average Bonchev–Trinajstić information content (AvgIpc) is 2.13. The molecule has 16 heavy (non-hydrogen) atoms. The second kappa shape index (κ2) is 5.25. The molecule has 0 aromatic heterocycles. The highest BCUT2D eigenvalue weighted by molar-refractivity contribution is 9.11. The lowest BCUT2D eigenvalue weighted by molar-refractivity contribution is -0.163. The van der Waals surface area contributed by atoms with Crippen molar-refractivity contribution in [1.82, 2.24) is 0 Å². The van der Waals surface area contributed by atoms with E-state index in [1.807, 2.05) is 0 Å². The van der Waals surface area contributed by atoms with Crippen molar-refractivity contribution < 1.29 is 18.6 Å². The van der Waals surface area contributed by atoms with E-state index in [1.165, 1.54) is 12.1 Å². The summed E-state index contributed by atoms with van der Waals surface area (Å²) >= 11 is 16.0. The Hall–Kier alpha value is 0.220. The Morgan fingerprint density at radius 1 is 1.25 bits per heavy atom. The third-order valence-electron chi connectivity index (χ3n) is 1.50. The first-order valence-corrected chi connectivity index (χ1v) is 6.23. The van der Waals surface area contributed by atoms with Crippen molar-refractivity contribution in [3.8, 4) is 11.5 Å². The maximum atomic E-state index is 13.0. The molecule has 2 nitrogen and oxygen atoms in total. The van der Waals surface area contributed by atoms with Crippen molar-refractivity contribution in [3.05, 3.63) is 21.1 Å². The fourth-order valence-corrected chi connectivity index (χ4v) is 2.04. The molecule has 0 aliphatic rings. The van der Waals surface area contributed by atoms with E-state index in [0.717, 1.165) is 0 Å². The van der Waals surface area contributed by atoms with Gasteiger partial charge in [0.05, 0.1) is 8.95 Å². The summed E-state index contributed by atoms with van der Waals surface area (Å²) in [6, 6.07) is 2.34. The van der Waals surface area contributed by atoms with Crippen LogP contribution >= 0.6 is 55.1 Å². The topological polar surface area (TPSA) is 29.5 Å². The van der Waals surface area contributed by atoms with Crippen molar-refractivity contribution in [2.75, 3.05) is 0 Å². The van der Waals surface area contributed by atoms with Crippen molar-refractivity contribution in [2.24, 2.45) is 0 Å². The number of rotatable bonds is 3. The third kappa shape index (κ3) is 3.35. The van der Waals surface area contributed by atoms with E-state index in [-0.39, 0.29) is 20.4 Å². The van der Waals surface area contributed by atoms with E-state index < -0.39 is 10.9 Å². The minimum Gasteiger partial charge on any atom is -0.506 e. The number of hydrogen-bond donors (Lipinski definition) is 1. The van der Waals surface area contributed by atoms with Crippen LogP contribution in [0.3, 0.4) is 0 Å². The first-order valence-electron chi connectivity index (χ1n) is 3.77. The summed E-state index contributed by atoms with van der Waals surface area (Å²) in [6.45, 7) is 0. The zero-order valence-electron chi connectivity index (χ0n) is 7.36. The molecular weight excluding hydrogens is 397 g/mol. The average molecular weight is 401 g/mol. The maximum absolute atomic E-state index is 13.0. The van der Waals surface area contributed by atoms with Crippen LogP contribution in [0, 0.1) is 0 Å². The van der Waals surface area contributed by atoms with Gasteiger partial charge >= 0.3 is 6.11 Å². The number of halogens is 6. The highest BCUT2D eigenvalue weighted by atomic mass is 79.9. The number of benzene rings is 1. The molecule has 90 valence electrons. The Bertz CT molecular complexity index is 379. The quantitative estimate of drug-likeness (QED) is 0.746. The summed E-state index contributed by atoms with van der Waals surface area (Å²) in [7, 11) is 0. The fourth-order valence-electron chi connectivity index (χ4n) is 0.803. The molecular formula is C8H4Br2Cl2F2O2. The van der Waals surface area contributed by atoms with Crippen molar-refractivity contribution in [2.45, 2.75) is 10.9 Å². The van der Waals surface area contributed by atoms with Gasteiger partial charge in [-0.05, 0) is 44.0 Å². The molecule has 1 aromatic carbocycles. The molecule has 0 saturated heterocycles. The molecule has 0 radical (unpaired) electrons. The van der Waals surface area contributed by atoms with Gasteiger partial charge in [-0.15, -0.1) is 0 Å². The summed E-state index contributed by atoms with van der Waals surface area (Å²) in [5.41, 5.74) is 0. The van der Waals surface area contributed by atoms with Gasteiger partial charge in [0.15, 0.2) is 0 Å². The first-order chi connectivity index (χ1) is 7.24. The van der Waals surface area contributed by atoms with Crippen LogP contribution in [-0.4, -0.2) is 16.1 Å². The predicted octanol–water partition coefficient (Wildman–Crippen LogP) is 4.69. The van der Waals surface area contributed by atoms with E-state index >= 15 is 0 Å². The SMILES string of the molecule is Oc1c(Br)cc(OC(F)(F)C(Cl)Cl)cc1Br. The molecule has 0 aliphatic heterocycles. The number of hydrogen-bond acceptors (Lipinski definition) is 2. The molecule has 0 spiro atoms. The lowest BCUT2D eigenvalue weighted by atomic mass is 10.3. The van der Waals surface area contributed by atoms with E-state index in [0.29, 0.717) is 0 Å². The minimum atomic E-state index is -3.71. The van der Waals surface area contributed by atoms with Crippen LogP contribution in [0.25, 0.3) is 0 Å². The maximum Gasteiger partial charge on any atom is 0.428 e. The summed E-state index contributed by atoms with van der Waals surface area (Å²) in [5.74, 6) is -0.309. The molecule has 0 aliphatic carbocycles. The molecule has 1 aromatic rings. The highest BCUT2D eigenvalue weighted by Gasteiger charge is 2.40. The van der Waals surface area contributed by atoms with Gasteiger partial charge in [-0.3, -0.25) is 0 Å². The van der Waals surface area contributed by atoms with E-state index in [9.17, 15) is 13.9 Å². The summed E-state index contributed by atoms with van der Waals surface area (Å²) in [4.78, 5) is -1.99. The molecule has 0 fully saturated rings. The Labute approximate surface area is 117 Å². The Morgan fingerprint density at radius 2 is 1.69 bits per heavy atom. The van der Waals surface area contributed by atoms with Crippen molar-refractivity contribution >= 4 is 55.1 Å². The summed E-state index contributed by atoms with van der Waals surface area (Å²) in [5, 5.41) is 9.35. The van der Waals surface area contributed by atoms with Gasteiger partial charge in [-0.25, -0.2) is 0 Å². The van der Waals surface area contributed by atoms with Gasteiger partial charge in [0.1, 0.15) is 11.5 Å². The van der Waals surface area contributed by atoms with E-state index in [4.69, 9.17) is 23.2 Å². The number of ether oxygens (including phenoxy) is 1. The smallest absolute Gasteiger partial charge is 0.428 e. The monoisotopic (exact) mass is 398 g/mol. The van der Waals surface area contributed by atoms with Gasteiger partial charge < -0.3 is 9.84 Å². The number of alkyl halides is 4. The van der Waals surface area contributed by atoms with Gasteiger partial charge in [0.2, 0.25) is 4.84 Å². The van der Waals surface area contributed by atoms with Gasteiger partial charge in [-0.1, -0.05) is 23.2 Å². The summed E-state index contributed by atoms with van der Waals surface area (Å²) in [6.07, 6.45) is -3.71. The zero-order chi connectivity index (χ0) is 12.5. The molecule has 0 saturated carbocycles. The molecule has 1 N–H and O–H groups in total. The fraction of sp³-hybridized carbons (Fsp3) is 0.250. The van der Waals surface area contributed by atoms with Gasteiger partial charge in [0, 0.05) is 0 Å². The van der Waals surface area contributed by atoms with Crippen LogP contribution in [0.2, 0.25) is 0 Å². The van der Waals surface area contributed by atoms with Crippen LogP contribution in [0.15, 0.2) is 21.1 Å². The second-order valence-electron chi connectivity index (χ2n) is 2.70. The van der Waals surface area contributed by atoms with E-state index in [2.05, 4.69) is 36.6 Å². The largest absolute Gasteiger partial charge is 0.506 e. The van der Waals surface area contributed by atoms with E-state index in [1.54, 1.807) is 0 Å². The van der Waals surface area contributed by atoms with Crippen LogP contribution < -0.4 is 4.74 Å². The zero-order valence-corrected chi connectivity index (χ0v) is 12.0. The molecule has 0 bridgehead atoms. The standard InChI is InChI=1S/C8H4Br2Cl2F2O2/c9-4-1-3(2-5(10)6(4)15)16-8(13,14)7(11)12/h1-2,7,15H. The van der Waals surface area contributed by atoms with Crippen LogP contribution in [0.1, 0.15) is 0 Å². The van der Waals surface area contributed by atoms with Crippen molar-refractivity contribution in [1.29, 1.82) is 0 Å². The van der Waals surface area contributed by atoms with Gasteiger partial charge in [-0.2, -0.15) is 8.78 Å². The van der Waals surface area contributed by atoms with Crippen molar-refractivity contribution in [3.63, 3.8) is 0 Å². The lowest BCUT2D eigenvalue weighted by Crippen LogP contribution is -2.32. The van der Waals surface area contributed by atoms with Crippen LogP contribution in [0.5, 0.6) is 11.5 Å². The molecule has 0 heterocycles. The minimum absolute atomic E-state index is 0.121. The number of aromatic hydroxyl groups is 1. The lowest BCUT2D eigenvalue weighted by Gasteiger charge is -2.19. The molecule has 1 rings (SSSR count). The van der Waals surface area contributed by atoms with Crippen LogP contribution in [-0.2, 0) is 0 Å². The number of phenols is 1. The van der Waals surface area contributed by atoms with Gasteiger partial charge in [0.25, 0.3) is 0 Å². The van der Waals surface area contributed by atoms with Crippen LogP contribution in [0.4, 0.5) is 8.78 Å². The molecule has 0 amide bonds. The summed E-state index contributed by atoms with van der Waals surface area (Å²) < 4.78 is 30.7. The molecule has 0 unspecified atom stereocenters. The first kappa shape index (κ1) is 14.3. The third-order valence-corrected chi connectivity index (χ3v) is 3.22. The second-order valence-corrected chi connectivity index (χ2v) is 5.51. The molecule has 8 heteroatoms. The Kier molecular flexibility index (Phi) is 4.68. The predicted molar refractivity (Wildman–Crippen MR) is 64.6 cm³/mol. The molecule has 0 atom stereocenters. The normalized spacial score (nSPS) is 11.9.